The lowest BCUT2D eigenvalue weighted by atomic mass is 10.1. The van der Waals surface area contributed by atoms with Gasteiger partial charge in [0.1, 0.15) is 4.99 Å². The van der Waals surface area contributed by atoms with E-state index in [4.69, 9.17) is 18.0 Å². The summed E-state index contributed by atoms with van der Waals surface area (Å²) >= 11 is 8.48. The number of benzene rings is 1. The average molecular weight is 316 g/mol. The molecule has 1 rings (SSSR count). The van der Waals surface area contributed by atoms with Gasteiger partial charge in [0.05, 0.1) is 0 Å². The second-order valence-corrected chi connectivity index (χ2v) is 5.60. The highest BCUT2D eigenvalue weighted by Crippen LogP contribution is 2.21. The number of nitrogens with two attached hydrogens (primary N) is 1. The van der Waals surface area contributed by atoms with Crippen LogP contribution in [0.15, 0.2) is 22.7 Å². The van der Waals surface area contributed by atoms with E-state index >= 15 is 0 Å². The maximum atomic E-state index is 5.70. The van der Waals surface area contributed by atoms with Gasteiger partial charge in [-0.25, -0.2) is 0 Å². The summed E-state index contributed by atoms with van der Waals surface area (Å²) in [6, 6.07) is 6.30. The molecule has 5 heteroatoms. The van der Waals surface area contributed by atoms with Crippen molar-refractivity contribution in [3.63, 3.8) is 0 Å². The summed E-state index contributed by atoms with van der Waals surface area (Å²) in [5, 5.41) is 3.38. The predicted octanol–water partition coefficient (Wildman–Crippen LogP) is 2.45. The van der Waals surface area contributed by atoms with Crippen molar-refractivity contribution in [2.75, 3.05) is 26.0 Å². The van der Waals surface area contributed by atoms with Crippen molar-refractivity contribution in [3.8, 4) is 0 Å². The van der Waals surface area contributed by atoms with Crippen molar-refractivity contribution < 1.29 is 0 Å². The highest BCUT2D eigenvalue weighted by molar-refractivity contribution is 9.10. The second kappa shape index (κ2) is 6.33. The number of hydrogen-bond acceptors (Lipinski definition) is 3. The number of nitrogens with one attached hydrogen (secondary N) is 1. The summed E-state index contributed by atoms with van der Waals surface area (Å²) in [5.41, 5.74) is 7.55. The van der Waals surface area contributed by atoms with Crippen LogP contribution in [0.25, 0.3) is 0 Å². The molecule has 1 aromatic rings. The lowest BCUT2D eigenvalue weighted by Crippen LogP contribution is -2.32. The number of halogens is 1. The minimum absolute atomic E-state index is 0.414. The van der Waals surface area contributed by atoms with Gasteiger partial charge in [-0.15, -0.1) is 0 Å². The SMILES string of the molecule is CC(CNc1cc(Br)ccc1C(N)=S)N(C)C. The zero-order valence-corrected chi connectivity index (χ0v) is 12.7. The first-order chi connectivity index (χ1) is 7.91. The van der Waals surface area contributed by atoms with Crippen LogP contribution in [0.2, 0.25) is 0 Å². The lowest BCUT2D eigenvalue weighted by molar-refractivity contribution is 0.326. The van der Waals surface area contributed by atoms with Crippen LogP contribution in [0, 0.1) is 0 Å². The fourth-order valence-electron chi connectivity index (χ4n) is 1.32. The van der Waals surface area contributed by atoms with Gasteiger partial charge in [-0.1, -0.05) is 28.1 Å². The van der Waals surface area contributed by atoms with Gasteiger partial charge < -0.3 is 16.0 Å². The van der Waals surface area contributed by atoms with Crippen molar-refractivity contribution in [2.24, 2.45) is 5.73 Å². The number of nitrogens with zero attached hydrogens (tertiary/aromatic N) is 1. The van der Waals surface area contributed by atoms with Crippen LogP contribution in [0.4, 0.5) is 5.69 Å². The Labute approximate surface area is 116 Å². The van der Waals surface area contributed by atoms with E-state index in [-0.39, 0.29) is 0 Å². The number of rotatable bonds is 5. The van der Waals surface area contributed by atoms with Crippen LogP contribution < -0.4 is 11.1 Å². The summed E-state index contributed by atoms with van der Waals surface area (Å²) in [6.45, 7) is 3.00. The van der Waals surface area contributed by atoms with Crippen LogP contribution >= 0.6 is 28.1 Å². The van der Waals surface area contributed by atoms with E-state index in [0.29, 0.717) is 11.0 Å². The molecular formula is C12H18BrN3S. The smallest absolute Gasteiger partial charge is 0.106 e. The monoisotopic (exact) mass is 315 g/mol. The largest absolute Gasteiger partial charge is 0.389 e. The summed E-state index contributed by atoms with van der Waals surface area (Å²) in [4.78, 5) is 2.57. The van der Waals surface area contributed by atoms with Gasteiger partial charge in [-0.2, -0.15) is 0 Å². The molecule has 0 amide bonds. The molecule has 3 nitrogen and oxygen atoms in total. The first-order valence-electron chi connectivity index (χ1n) is 5.41. The van der Waals surface area contributed by atoms with Gasteiger partial charge in [0.25, 0.3) is 0 Å². The highest BCUT2D eigenvalue weighted by Gasteiger charge is 2.08. The third-order valence-electron chi connectivity index (χ3n) is 2.72. The Morgan fingerprint density at radius 3 is 2.71 bits per heavy atom. The van der Waals surface area contributed by atoms with E-state index in [1.807, 2.05) is 18.2 Å². The molecule has 0 aromatic heterocycles. The first-order valence-corrected chi connectivity index (χ1v) is 6.61. The molecule has 1 unspecified atom stereocenters. The Morgan fingerprint density at radius 1 is 1.53 bits per heavy atom. The van der Waals surface area contributed by atoms with Gasteiger partial charge in [-0.3, -0.25) is 0 Å². The normalized spacial score (nSPS) is 12.5. The summed E-state index contributed by atoms with van der Waals surface area (Å²) in [6.07, 6.45) is 0. The van der Waals surface area contributed by atoms with E-state index in [9.17, 15) is 0 Å². The number of anilines is 1. The third kappa shape index (κ3) is 4.26. The lowest BCUT2D eigenvalue weighted by Gasteiger charge is -2.21. The Hall–Kier alpha value is -0.650. The van der Waals surface area contributed by atoms with Crippen molar-refractivity contribution in [3.05, 3.63) is 28.2 Å². The molecule has 3 N–H and O–H groups in total. The molecule has 0 aliphatic carbocycles. The Morgan fingerprint density at radius 2 is 2.18 bits per heavy atom. The molecule has 94 valence electrons. The highest BCUT2D eigenvalue weighted by atomic mass is 79.9. The summed E-state index contributed by atoms with van der Waals surface area (Å²) in [7, 11) is 4.11. The molecule has 0 fully saturated rings. The van der Waals surface area contributed by atoms with E-state index in [1.54, 1.807) is 0 Å². The minimum Gasteiger partial charge on any atom is -0.389 e. The van der Waals surface area contributed by atoms with Crippen molar-refractivity contribution in [1.29, 1.82) is 0 Å². The predicted molar refractivity (Wildman–Crippen MR) is 81.7 cm³/mol. The number of likely N-dealkylation sites (N-methyl/N-ethyl adjacent to an activating group) is 1. The van der Waals surface area contributed by atoms with Crippen LogP contribution in [0.1, 0.15) is 12.5 Å². The molecule has 1 atom stereocenters. The minimum atomic E-state index is 0.414. The average Bonchev–Trinajstić information content (AvgIpc) is 2.25. The molecule has 17 heavy (non-hydrogen) atoms. The molecule has 0 radical (unpaired) electrons. The van der Waals surface area contributed by atoms with Crippen LogP contribution in [0.5, 0.6) is 0 Å². The fourth-order valence-corrected chi connectivity index (χ4v) is 1.86. The van der Waals surface area contributed by atoms with Gasteiger partial charge in [-0.05, 0) is 39.2 Å². The van der Waals surface area contributed by atoms with Gasteiger partial charge >= 0.3 is 0 Å². The van der Waals surface area contributed by atoms with Crippen molar-refractivity contribution in [2.45, 2.75) is 13.0 Å². The number of thiocarbonyl (C=S) groups is 1. The Kier molecular flexibility index (Phi) is 5.36. The van der Waals surface area contributed by atoms with E-state index < -0.39 is 0 Å². The molecule has 1 aromatic carbocycles. The molecule has 0 aliphatic heterocycles. The molecule has 0 bridgehead atoms. The zero-order valence-electron chi connectivity index (χ0n) is 10.3. The van der Waals surface area contributed by atoms with E-state index in [1.165, 1.54) is 0 Å². The second-order valence-electron chi connectivity index (χ2n) is 4.25. The molecule has 0 aliphatic rings. The summed E-state index contributed by atoms with van der Waals surface area (Å²) < 4.78 is 1.01. The molecule has 0 spiro atoms. The maximum Gasteiger partial charge on any atom is 0.106 e. The topological polar surface area (TPSA) is 41.3 Å². The van der Waals surface area contributed by atoms with E-state index in [0.717, 1.165) is 22.3 Å². The summed E-state index contributed by atoms with van der Waals surface area (Å²) in [5.74, 6) is 0. The van der Waals surface area contributed by atoms with Crippen LogP contribution in [0.3, 0.4) is 0 Å². The fraction of sp³-hybridized carbons (Fsp3) is 0.417. The number of hydrogen-bond donors (Lipinski definition) is 2. The third-order valence-corrected chi connectivity index (χ3v) is 3.43. The standard InChI is InChI=1S/C12H18BrN3S/c1-8(16(2)3)7-15-11-6-9(13)4-5-10(11)12(14)17/h4-6,8,15H,7H2,1-3H3,(H2,14,17). The van der Waals surface area contributed by atoms with Gasteiger partial charge in [0.2, 0.25) is 0 Å². The Balaban J connectivity index is 2.82. The molecule has 0 heterocycles. The van der Waals surface area contributed by atoms with Gasteiger partial charge in [0, 0.05) is 28.3 Å². The van der Waals surface area contributed by atoms with Crippen molar-refractivity contribution in [1.82, 2.24) is 4.90 Å². The molecule has 0 saturated heterocycles. The first kappa shape index (κ1) is 14.4. The molecule has 0 saturated carbocycles. The molecular weight excluding hydrogens is 298 g/mol. The Bertz CT molecular complexity index is 407. The van der Waals surface area contributed by atoms with Crippen molar-refractivity contribution >= 4 is 38.8 Å². The van der Waals surface area contributed by atoms with Crippen LogP contribution in [-0.2, 0) is 0 Å². The van der Waals surface area contributed by atoms with E-state index in [2.05, 4.69) is 47.2 Å². The zero-order chi connectivity index (χ0) is 13.0. The van der Waals surface area contributed by atoms with Gasteiger partial charge in [0.15, 0.2) is 0 Å². The van der Waals surface area contributed by atoms with Crippen LogP contribution in [-0.4, -0.2) is 36.6 Å². The quantitative estimate of drug-likeness (QED) is 0.819. The maximum absolute atomic E-state index is 5.70.